The fraction of sp³-hybridized carbons (Fsp3) is 0.458. The molecule has 1 aromatic carbocycles. The number of benzene rings is 1. The Morgan fingerprint density at radius 1 is 1.12 bits per heavy atom. The fourth-order valence-corrected chi connectivity index (χ4v) is 5.17. The lowest BCUT2D eigenvalue weighted by molar-refractivity contribution is -0.123. The molecule has 5 rings (SSSR count). The maximum Gasteiger partial charge on any atom is 0.257 e. The second kappa shape index (κ2) is 8.78. The van der Waals surface area contributed by atoms with Gasteiger partial charge in [0.25, 0.3) is 11.5 Å². The quantitative estimate of drug-likeness (QED) is 0.713. The molecule has 3 aliphatic heterocycles. The first-order valence-corrected chi connectivity index (χ1v) is 11.3. The Balaban J connectivity index is 1.08. The number of piperidine rings is 1. The molecule has 32 heavy (non-hydrogen) atoms. The summed E-state index contributed by atoms with van der Waals surface area (Å²) >= 11 is 0. The third-order valence-corrected chi connectivity index (χ3v) is 6.65. The molecule has 1 fully saturated rings. The largest absolute Gasteiger partial charge is 0.484 e. The molecular formula is C24H28N4O4. The van der Waals surface area contributed by atoms with Gasteiger partial charge in [0.15, 0.2) is 6.61 Å². The Bertz CT molecular complexity index is 1100. The van der Waals surface area contributed by atoms with E-state index in [4.69, 9.17) is 4.74 Å². The number of pyridine rings is 1. The number of fused-ring (bicyclic) bond motifs is 5. The second-order valence-corrected chi connectivity index (χ2v) is 8.96. The molecule has 2 N–H and O–H groups in total. The number of rotatable bonds is 6. The number of carbonyl (C=O) groups excluding carboxylic acids is 2. The smallest absolute Gasteiger partial charge is 0.257 e. The highest BCUT2D eigenvalue weighted by atomic mass is 16.5. The van der Waals surface area contributed by atoms with Crippen molar-refractivity contribution in [2.24, 2.45) is 5.92 Å². The number of hydrogen-bond acceptors (Lipinski definition) is 5. The van der Waals surface area contributed by atoms with Gasteiger partial charge in [-0.2, -0.15) is 0 Å². The minimum Gasteiger partial charge on any atom is -0.484 e. The lowest BCUT2D eigenvalue weighted by atomic mass is 9.83. The van der Waals surface area contributed by atoms with E-state index in [9.17, 15) is 14.4 Å². The number of ether oxygens (including phenoxy) is 1. The molecule has 0 aliphatic carbocycles. The van der Waals surface area contributed by atoms with E-state index < -0.39 is 0 Å². The van der Waals surface area contributed by atoms with Crippen LogP contribution in [0.2, 0.25) is 0 Å². The fourth-order valence-electron chi connectivity index (χ4n) is 5.17. The van der Waals surface area contributed by atoms with Crippen LogP contribution in [0.25, 0.3) is 0 Å². The number of aromatic nitrogens is 1. The van der Waals surface area contributed by atoms with Crippen LogP contribution in [-0.4, -0.2) is 54.1 Å². The maximum absolute atomic E-state index is 12.2. The van der Waals surface area contributed by atoms with Crippen LogP contribution < -0.4 is 20.9 Å². The zero-order valence-electron chi connectivity index (χ0n) is 18.0. The summed E-state index contributed by atoms with van der Waals surface area (Å²) < 4.78 is 7.55. The minimum atomic E-state index is -0.166. The number of amides is 2. The number of likely N-dealkylation sites (tertiary alicyclic amines) is 1. The van der Waals surface area contributed by atoms with Crippen molar-refractivity contribution in [1.82, 2.24) is 14.8 Å². The first kappa shape index (κ1) is 20.8. The van der Waals surface area contributed by atoms with Crippen molar-refractivity contribution in [2.75, 3.05) is 38.1 Å². The number of aryl methyl sites for hydroxylation is 1. The van der Waals surface area contributed by atoms with Crippen LogP contribution in [0.4, 0.5) is 5.69 Å². The monoisotopic (exact) mass is 436 g/mol. The molecule has 2 atom stereocenters. The van der Waals surface area contributed by atoms with Crippen molar-refractivity contribution < 1.29 is 14.3 Å². The van der Waals surface area contributed by atoms with E-state index in [1.165, 1.54) is 0 Å². The van der Waals surface area contributed by atoms with Crippen molar-refractivity contribution >= 4 is 17.5 Å². The Labute approximate surface area is 186 Å². The zero-order chi connectivity index (χ0) is 22.1. The number of hydrogen-bond donors (Lipinski definition) is 2. The van der Waals surface area contributed by atoms with E-state index in [-0.39, 0.29) is 24.0 Å². The molecule has 2 aromatic rings. The highest BCUT2D eigenvalue weighted by Gasteiger charge is 2.34. The summed E-state index contributed by atoms with van der Waals surface area (Å²) in [4.78, 5) is 38.3. The molecule has 8 heteroatoms. The van der Waals surface area contributed by atoms with Gasteiger partial charge in [-0.15, -0.1) is 0 Å². The van der Waals surface area contributed by atoms with Gasteiger partial charge in [-0.3, -0.25) is 14.4 Å². The number of nitrogens with one attached hydrogen (secondary N) is 2. The summed E-state index contributed by atoms with van der Waals surface area (Å²) in [6.07, 6.45) is 2.35. The van der Waals surface area contributed by atoms with E-state index in [1.807, 2.05) is 22.8 Å². The lowest BCUT2D eigenvalue weighted by Gasteiger charge is -2.42. The molecule has 2 amide bonds. The van der Waals surface area contributed by atoms with E-state index in [2.05, 4.69) is 21.6 Å². The normalized spacial score (nSPS) is 21.8. The van der Waals surface area contributed by atoms with E-state index >= 15 is 0 Å². The van der Waals surface area contributed by atoms with Gasteiger partial charge in [-0.25, -0.2) is 0 Å². The minimum absolute atomic E-state index is 0.00444. The Morgan fingerprint density at radius 2 is 2.03 bits per heavy atom. The van der Waals surface area contributed by atoms with Crippen LogP contribution in [0, 0.1) is 5.92 Å². The number of anilines is 1. The summed E-state index contributed by atoms with van der Waals surface area (Å²) in [5.41, 5.74) is 3.08. The molecular weight excluding hydrogens is 408 g/mol. The van der Waals surface area contributed by atoms with Gasteiger partial charge >= 0.3 is 0 Å². The third-order valence-electron chi connectivity index (χ3n) is 6.65. The summed E-state index contributed by atoms with van der Waals surface area (Å²) in [6, 6.07) is 11.1. The predicted octanol–water partition coefficient (Wildman–Crippen LogP) is 1.35. The molecule has 1 saturated heterocycles. The molecule has 3 aliphatic rings. The first-order valence-electron chi connectivity index (χ1n) is 11.3. The molecule has 0 radical (unpaired) electrons. The average molecular weight is 437 g/mol. The van der Waals surface area contributed by atoms with Crippen molar-refractivity contribution in [3.05, 3.63) is 58.0 Å². The molecule has 4 heterocycles. The maximum atomic E-state index is 12.2. The Kier molecular flexibility index (Phi) is 5.70. The van der Waals surface area contributed by atoms with Gasteiger partial charge in [-0.05, 0) is 36.5 Å². The Hall–Kier alpha value is -3.13. The number of nitrogens with zero attached hydrogens (tertiary/aromatic N) is 2. The second-order valence-electron chi connectivity index (χ2n) is 8.96. The van der Waals surface area contributed by atoms with Gasteiger partial charge in [-0.1, -0.05) is 12.1 Å². The van der Waals surface area contributed by atoms with E-state index in [0.717, 1.165) is 56.0 Å². The van der Waals surface area contributed by atoms with Crippen molar-refractivity contribution in [3.8, 4) is 5.75 Å². The molecule has 8 nitrogen and oxygen atoms in total. The van der Waals surface area contributed by atoms with Gasteiger partial charge in [0, 0.05) is 68.6 Å². The van der Waals surface area contributed by atoms with E-state index in [1.54, 1.807) is 12.1 Å². The van der Waals surface area contributed by atoms with Crippen LogP contribution >= 0.6 is 0 Å². The summed E-state index contributed by atoms with van der Waals surface area (Å²) in [5, 5.41) is 5.77. The highest BCUT2D eigenvalue weighted by Crippen LogP contribution is 2.34. The summed E-state index contributed by atoms with van der Waals surface area (Å²) in [7, 11) is 0. The topological polar surface area (TPSA) is 92.7 Å². The van der Waals surface area contributed by atoms with Gasteiger partial charge in [0.2, 0.25) is 5.91 Å². The lowest BCUT2D eigenvalue weighted by Crippen LogP contribution is -2.49. The van der Waals surface area contributed by atoms with Crippen LogP contribution in [0.15, 0.2) is 41.2 Å². The van der Waals surface area contributed by atoms with Crippen molar-refractivity contribution in [2.45, 2.75) is 31.7 Å². The van der Waals surface area contributed by atoms with Crippen LogP contribution in [0.1, 0.15) is 30.0 Å². The van der Waals surface area contributed by atoms with Crippen LogP contribution in [0.3, 0.4) is 0 Å². The van der Waals surface area contributed by atoms with E-state index in [0.29, 0.717) is 30.6 Å². The molecule has 0 saturated carbocycles. The average Bonchev–Trinajstić information content (AvgIpc) is 2.78. The van der Waals surface area contributed by atoms with Crippen LogP contribution in [0.5, 0.6) is 5.75 Å². The highest BCUT2D eigenvalue weighted by molar-refractivity contribution is 5.94. The van der Waals surface area contributed by atoms with Crippen molar-refractivity contribution in [1.29, 1.82) is 0 Å². The molecule has 168 valence electrons. The van der Waals surface area contributed by atoms with Crippen LogP contribution in [-0.2, 0) is 22.6 Å². The number of carbonyl (C=O) groups is 2. The molecule has 2 bridgehead atoms. The Morgan fingerprint density at radius 3 is 2.94 bits per heavy atom. The molecule has 1 aromatic heterocycles. The third kappa shape index (κ3) is 4.41. The van der Waals surface area contributed by atoms with Gasteiger partial charge in [0.1, 0.15) is 5.75 Å². The summed E-state index contributed by atoms with van der Waals surface area (Å²) in [5.74, 6) is 1.26. The van der Waals surface area contributed by atoms with Crippen molar-refractivity contribution in [3.63, 3.8) is 0 Å². The predicted molar refractivity (Wildman–Crippen MR) is 120 cm³/mol. The zero-order valence-corrected chi connectivity index (χ0v) is 18.0. The van der Waals surface area contributed by atoms with Gasteiger partial charge < -0.3 is 24.8 Å². The van der Waals surface area contributed by atoms with Gasteiger partial charge in [0.05, 0.1) is 0 Å². The SMILES string of the molecule is O=C(COc1ccc2c(c1)NC(=O)CC2)NCCN1C[C@H]2C[C@@H](C1)c1cccc(=O)n1C2. The first-order chi connectivity index (χ1) is 15.5. The molecule has 0 spiro atoms. The standard InChI is InChI=1S/C24H28N4O4/c29-22-7-5-17-4-6-19(11-20(17)26-22)32-15-23(30)25-8-9-27-12-16-10-18(14-27)21-2-1-3-24(31)28(21)13-16/h1-4,6,11,16,18H,5,7-10,12-15H2,(H,25,30)(H,26,29)/t16-,18+/m1/s1. The summed E-state index contributed by atoms with van der Waals surface area (Å²) in [6.45, 7) is 3.92. The molecule has 0 unspecified atom stereocenters.